The van der Waals surface area contributed by atoms with Gasteiger partial charge in [-0.05, 0) is 60.4 Å². The van der Waals surface area contributed by atoms with E-state index in [0.29, 0.717) is 18.1 Å². The molecule has 4 heteroatoms. The minimum Gasteiger partial charge on any atom is -0.493 e. The Balaban J connectivity index is 1.66. The summed E-state index contributed by atoms with van der Waals surface area (Å²) < 4.78 is 11.3. The number of aryl methyl sites for hydroxylation is 1. The number of carbonyl (C=O) groups is 1. The molecule has 0 aromatic heterocycles. The third-order valence-corrected chi connectivity index (χ3v) is 4.71. The summed E-state index contributed by atoms with van der Waals surface area (Å²) in [6, 6.07) is 21.4. The Morgan fingerprint density at radius 2 is 1.76 bits per heavy atom. The second-order valence-corrected chi connectivity index (χ2v) is 6.75. The Bertz CT molecular complexity index is 1010. The monoisotopic (exact) mass is 387 g/mol. The fourth-order valence-electron chi connectivity index (χ4n) is 2.88. The Labute approximate surface area is 171 Å². The maximum atomic E-state index is 12.3. The summed E-state index contributed by atoms with van der Waals surface area (Å²) in [6.45, 7) is 4.48. The van der Waals surface area contributed by atoms with Crippen molar-refractivity contribution in [2.45, 2.75) is 20.5 Å². The lowest BCUT2D eigenvalue weighted by molar-refractivity contribution is -0.111. The molecular formula is C25H25NO3. The number of carbonyl (C=O) groups excluding carboxylic acids is 1. The van der Waals surface area contributed by atoms with E-state index in [4.69, 9.17) is 9.47 Å². The van der Waals surface area contributed by atoms with Gasteiger partial charge in [0.25, 0.3) is 0 Å². The van der Waals surface area contributed by atoms with E-state index in [-0.39, 0.29) is 5.91 Å². The maximum Gasteiger partial charge on any atom is 0.248 e. The van der Waals surface area contributed by atoms with Crippen LogP contribution in [0.3, 0.4) is 0 Å². The maximum absolute atomic E-state index is 12.3. The molecule has 0 aliphatic rings. The number of methoxy groups -OCH3 is 1. The smallest absolute Gasteiger partial charge is 0.248 e. The first kappa shape index (κ1) is 20.2. The van der Waals surface area contributed by atoms with E-state index in [0.717, 1.165) is 27.9 Å². The highest BCUT2D eigenvalue weighted by atomic mass is 16.5. The number of anilines is 1. The first-order valence-electron chi connectivity index (χ1n) is 9.47. The lowest BCUT2D eigenvalue weighted by atomic mass is 10.1. The molecule has 0 heterocycles. The Hall–Kier alpha value is -3.53. The third-order valence-electron chi connectivity index (χ3n) is 4.71. The van der Waals surface area contributed by atoms with Gasteiger partial charge in [-0.1, -0.05) is 48.5 Å². The van der Waals surface area contributed by atoms with Crippen molar-refractivity contribution < 1.29 is 14.3 Å². The normalized spacial score (nSPS) is 10.7. The van der Waals surface area contributed by atoms with E-state index in [2.05, 4.69) is 5.32 Å². The van der Waals surface area contributed by atoms with Crippen LogP contribution in [0, 0.1) is 13.8 Å². The van der Waals surface area contributed by atoms with Crippen LogP contribution in [-0.2, 0) is 11.4 Å². The molecule has 3 aromatic rings. The van der Waals surface area contributed by atoms with Crippen molar-refractivity contribution in [3.05, 3.63) is 95.1 Å². The summed E-state index contributed by atoms with van der Waals surface area (Å²) in [5.41, 5.74) is 4.96. The van der Waals surface area contributed by atoms with Gasteiger partial charge in [-0.15, -0.1) is 0 Å². The van der Waals surface area contributed by atoms with Crippen molar-refractivity contribution in [2.75, 3.05) is 12.4 Å². The van der Waals surface area contributed by atoms with Crippen LogP contribution in [0.5, 0.6) is 11.5 Å². The van der Waals surface area contributed by atoms with Crippen molar-refractivity contribution in [1.82, 2.24) is 0 Å². The minimum absolute atomic E-state index is 0.179. The zero-order valence-corrected chi connectivity index (χ0v) is 16.9. The van der Waals surface area contributed by atoms with E-state index >= 15 is 0 Å². The average Bonchev–Trinajstić information content (AvgIpc) is 2.75. The third kappa shape index (κ3) is 5.48. The van der Waals surface area contributed by atoms with E-state index in [1.807, 2.05) is 80.6 Å². The highest BCUT2D eigenvalue weighted by Gasteiger charge is 2.07. The van der Waals surface area contributed by atoms with Gasteiger partial charge in [0.15, 0.2) is 11.5 Å². The van der Waals surface area contributed by atoms with Crippen LogP contribution in [0.2, 0.25) is 0 Å². The van der Waals surface area contributed by atoms with Gasteiger partial charge < -0.3 is 14.8 Å². The molecule has 0 spiro atoms. The molecule has 3 rings (SSSR count). The molecule has 0 bridgehead atoms. The highest BCUT2D eigenvalue weighted by Crippen LogP contribution is 2.29. The molecule has 0 fully saturated rings. The van der Waals surface area contributed by atoms with E-state index in [1.54, 1.807) is 13.2 Å². The molecule has 1 amide bonds. The molecule has 1 N–H and O–H groups in total. The lowest BCUT2D eigenvalue weighted by Gasteiger charge is -2.11. The average molecular weight is 387 g/mol. The van der Waals surface area contributed by atoms with Crippen LogP contribution < -0.4 is 14.8 Å². The second-order valence-electron chi connectivity index (χ2n) is 6.75. The first-order chi connectivity index (χ1) is 14.1. The van der Waals surface area contributed by atoms with Crippen molar-refractivity contribution in [3.63, 3.8) is 0 Å². The molecule has 4 nitrogen and oxygen atoms in total. The molecule has 148 valence electrons. The first-order valence-corrected chi connectivity index (χ1v) is 9.47. The molecule has 0 saturated heterocycles. The molecule has 0 aliphatic carbocycles. The quantitative estimate of drug-likeness (QED) is 0.541. The standard InChI is InChI=1S/C25H25NO3/c1-18-8-7-11-22(19(18)2)26-25(27)15-13-20-12-14-23(24(16-20)28-3)29-17-21-9-5-4-6-10-21/h4-16H,17H2,1-3H3,(H,26,27)/b15-13+. The summed E-state index contributed by atoms with van der Waals surface area (Å²) in [6.07, 6.45) is 3.27. The van der Waals surface area contributed by atoms with Crippen LogP contribution in [0.25, 0.3) is 6.08 Å². The van der Waals surface area contributed by atoms with Crippen molar-refractivity contribution in [2.24, 2.45) is 0 Å². The van der Waals surface area contributed by atoms with Gasteiger partial charge in [0, 0.05) is 11.8 Å². The van der Waals surface area contributed by atoms with Gasteiger partial charge in [0.1, 0.15) is 6.61 Å². The second kappa shape index (κ2) is 9.60. The largest absolute Gasteiger partial charge is 0.493 e. The van der Waals surface area contributed by atoms with E-state index in [1.165, 1.54) is 6.08 Å². The highest BCUT2D eigenvalue weighted by molar-refractivity contribution is 6.02. The molecule has 0 saturated carbocycles. The lowest BCUT2D eigenvalue weighted by Crippen LogP contribution is -2.09. The number of hydrogen-bond acceptors (Lipinski definition) is 3. The van der Waals surface area contributed by atoms with Crippen molar-refractivity contribution in [1.29, 1.82) is 0 Å². The molecule has 0 atom stereocenters. The fourth-order valence-corrected chi connectivity index (χ4v) is 2.88. The summed E-state index contributed by atoms with van der Waals surface area (Å²) in [5.74, 6) is 1.11. The number of amides is 1. The molecule has 29 heavy (non-hydrogen) atoms. The molecule has 0 aliphatic heterocycles. The van der Waals surface area contributed by atoms with Gasteiger partial charge in [0.2, 0.25) is 5.91 Å². The molecule has 0 radical (unpaired) electrons. The van der Waals surface area contributed by atoms with Gasteiger partial charge in [-0.3, -0.25) is 4.79 Å². The molecule has 3 aromatic carbocycles. The fraction of sp³-hybridized carbons (Fsp3) is 0.160. The SMILES string of the molecule is COc1cc(/C=C/C(=O)Nc2cccc(C)c2C)ccc1OCc1ccccc1. The van der Waals surface area contributed by atoms with Gasteiger partial charge >= 0.3 is 0 Å². The summed E-state index contributed by atoms with van der Waals surface area (Å²) in [4.78, 5) is 12.3. The van der Waals surface area contributed by atoms with Crippen LogP contribution in [0.1, 0.15) is 22.3 Å². The van der Waals surface area contributed by atoms with E-state index in [9.17, 15) is 4.79 Å². The van der Waals surface area contributed by atoms with Crippen LogP contribution in [0.15, 0.2) is 72.8 Å². The topological polar surface area (TPSA) is 47.6 Å². The number of nitrogens with one attached hydrogen (secondary N) is 1. The number of benzene rings is 3. The van der Waals surface area contributed by atoms with Crippen molar-refractivity contribution in [3.8, 4) is 11.5 Å². The number of hydrogen-bond donors (Lipinski definition) is 1. The van der Waals surface area contributed by atoms with Crippen LogP contribution in [-0.4, -0.2) is 13.0 Å². The molecule has 0 unspecified atom stereocenters. The molecular weight excluding hydrogens is 362 g/mol. The van der Waals surface area contributed by atoms with Gasteiger partial charge in [-0.2, -0.15) is 0 Å². The Morgan fingerprint density at radius 3 is 2.52 bits per heavy atom. The Morgan fingerprint density at radius 1 is 0.966 bits per heavy atom. The van der Waals surface area contributed by atoms with Gasteiger partial charge in [-0.25, -0.2) is 0 Å². The van der Waals surface area contributed by atoms with E-state index < -0.39 is 0 Å². The summed E-state index contributed by atoms with van der Waals surface area (Å²) in [5, 5.41) is 2.92. The van der Waals surface area contributed by atoms with Crippen molar-refractivity contribution >= 4 is 17.7 Å². The summed E-state index contributed by atoms with van der Waals surface area (Å²) in [7, 11) is 1.60. The predicted molar refractivity (Wildman–Crippen MR) is 117 cm³/mol. The predicted octanol–water partition coefficient (Wildman–Crippen LogP) is 5.54. The zero-order valence-electron chi connectivity index (χ0n) is 16.9. The van der Waals surface area contributed by atoms with Crippen LogP contribution >= 0.6 is 0 Å². The number of rotatable bonds is 7. The number of ether oxygens (including phenoxy) is 2. The zero-order chi connectivity index (χ0) is 20.6. The Kier molecular flexibility index (Phi) is 6.69. The summed E-state index contributed by atoms with van der Waals surface area (Å²) >= 11 is 0. The van der Waals surface area contributed by atoms with Crippen LogP contribution in [0.4, 0.5) is 5.69 Å². The minimum atomic E-state index is -0.179. The van der Waals surface area contributed by atoms with Gasteiger partial charge in [0.05, 0.1) is 7.11 Å².